The van der Waals surface area contributed by atoms with E-state index in [1.54, 1.807) is 32.1 Å². The lowest BCUT2D eigenvalue weighted by molar-refractivity contribution is -0.111. The first kappa shape index (κ1) is 20.8. The van der Waals surface area contributed by atoms with Crippen molar-refractivity contribution in [1.29, 1.82) is 0 Å². The Bertz CT molecular complexity index is 1130. The molecule has 0 radical (unpaired) electrons. The zero-order chi connectivity index (χ0) is 20.9. The maximum absolute atomic E-state index is 12.5. The number of hydrogen-bond acceptors (Lipinski definition) is 3. The Labute approximate surface area is 171 Å². The van der Waals surface area contributed by atoms with Crippen molar-refractivity contribution in [3.63, 3.8) is 0 Å². The number of amides is 1. The minimum absolute atomic E-state index is 0.213. The highest BCUT2D eigenvalue weighted by Gasteiger charge is 2.21. The van der Waals surface area contributed by atoms with Gasteiger partial charge in [-0.3, -0.25) is 4.79 Å². The van der Waals surface area contributed by atoms with Gasteiger partial charge in [-0.05, 0) is 46.7 Å². The summed E-state index contributed by atoms with van der Waals surface area (Å²) in [6.07, 6.45) is 3.25. The Morgan fingerprint density at radius 1 is 0.931 bits per heavy atom. The predicted octanol–water partition coefficient (Wildman–Crippen LogP) is 4.52. The molecule has 3 aromatic carbocycles. The first-order chi connectivity index (χ1) is 14.0. The number of carbonyl (C=O) groups is 1. The van der Waals surface area contributed by atoms with Crippen LogP contribution in [0.2, 0.25) is 0 Å². The molecule has 150 valence electrons. The lowest BCUT2D eigenvalue weighted by Gasteiger charge is -2.18. The SMILES string of the molecule is CCN(CC)S(=O)(=O)c1ccc(NC(=O)/C=C/c2cccc3ccccc23)cc1. The number of benzene rings is 3. The van der Waals surface area contributed by atoms with Gasteiger partial charge in [0.1, 0.15) is 0 Å². The fourth-order valence-corrected chi connectivity index (χ4v) is 4.63. The third-order valence-electron chi connectivity index (χ3n) is 4.70. The zero-order valence-corrected chi connectivity index (χ0v) is 17.3. The maximum Gasteiger partial charge on any atom is 0.248 e. The second-order valence-electron chi connectivity index (χ2n) is 6.50. The maximum atomic E-state index is 12.5. The first-order valence-corrected chi connectivity index (χ1v) is 11.0. The molecule has 0 heterocycles. The number of nitrogens with zero attached hydrogens (tertiary/aromatic N) is 1. The number of fused-ring (bicyclic) bond motifs is 1. The van der Waals surface area contributed by atoms with Gasteiger partial charge in [0.2, 0.25) is 15.9 Å². The van der Waals surface area contributed by atoms with Crippen molar-refractivity contribution < 1.29 is 13.2 Å². The second-order valence-corrected chi connectivity index (χ2v) is 8.44. The van der Waals surface area contributed by atoms with Gasteiger partial charge in [-0.15, -0.1) is 0 Å². The smallest absolute Gasteiger partial charge is 0.248 e. The van der Waals surface area contributed by atoms with Gasteiger partial charge < -0.3 is 5.32 Å². The largest absolute Gasteiger partial charge is 0.323 e. The molecule has 29 heavy (non-hydrogen) atoms. The molecule has 0 saturated carbocycles. The normalized spacial score (nSPS) is 12.0. The number of sulfonamides is 1. The summed E-state index contributed by atoms with van der Waals surface area (Å²) in [5, 5.41) is 4.95. The van der Waals surface area contributed by atoms with Gasteiger partial charge in [-0.2, -0.15) is 4.31 Å². The highest BCUT2D eigenvalue weighted by molar-refractivity contribution is 7.89. The topological polar surface area (TPSA) is 66.5 Å². The Hall–Kier alpha value is -2.96. The average Bonchev–Trinajstić information content (AvgIpc) is 2.73. The van der Waals surface area contributed by atoms with E-state index in [1.165, 1.54) is 22.5 Å². The number of hydrogen-bond donors (Lipinski definition) is 1. The summed E-state index contributed by atoms with van der Waals surface area (Å²) in [7, 11) is -3.51. The number of carbonyl (C=O) groups excluding carboxylic acids is 1. The minimum Gasteiger partial charge on any atom is -0.323 e. The van der Waals surface area contributed by atoms with Gasteiger partial charge in [0.05, 0.1) is 4.90 Å². The van der Waals surface area contributed by atoms with Crippen LogP contribution in [0.3, 0.4) is 0 Å². The van der Waals surface area contributed by atoms with Crippen LogP contribution >= 0.6 is 0 Å². The van der Waals surface area contributed by atoms with Gasteiger partial charge >= 0.3 is 0 Å². The highest BCUT2D eigenvalue weighted by atomic mass is 32.2. The molecule has 0 spiro atoms. The molecule has 1 amide bonds. The molecule has 0 fully saturated rings. The minimum atomic E-state index is -3.51. The van der Waals surface area contributed by atoms with Gasteiger partial charge in [-0.1, -0.05) is 56.3 Å². The van der Waals surface area contributed by atoms with Crippen molar-refractivity contribution in [2.45, 2.75) is 18.7 Å². The van der Waals surface area contributed by atoms with E-state index < -0.39 is 10.0 Å². The van der Waals surface area contributed by atoms with Crippen molar-refractivity contribution in [3.8, 4) is 0 Å². The van der Waals surface area contributed by atoms with Gasteiger partial charge in [0.15, 0.2) is 0 Å². The Balaban J connectivity index is 1.72. The van der Waals surface area contributed by atoms with Crippen molar-refractivity contribution in [2.75, 3.05) is 18.4 Å². The van der Waals surface area contributed by atoms with Crippen molar-refractivity contribution in [2.24, 2.45) is 0 Å². The van der Waals surface area contributed by atoms with Gasteiger partial charge in [-0.25, -0.2) is 8.42 Å². The Morgan fingerprint density at radius 3 is 2.28 bits per heavy atom. The molecule has 5 nitrogen and oxygen atoms in total. The summed E-state index contributed by atoms with van der Waals surface area (Å²) in [6.45, 7) is 4.43. The molecular weight excluding hydrogens is 384 g/mol. The summed E-state index contributed by atoms with van der Waals surface area (Å²) < 4.78 is 26.4. The third kappa shape index (κ3) is 4.72. The summed E-state index contributed by atoms with van der Waals surface area (Å²) in [4.78, 5) is 12.5. The summed E-state index contributed by atoms with van der Waals surface area (Å²) >= 11 is 0. The summed E-state index contributed by atoms with van der Waals surface area (Å²) in [5.74, 6) is -0.280. The van der Waals surface area contributed by atoms with Gasteiger partial charge in [0.25, 0.3) is 0 Å². The van der Waals surface area contributed by atoms with Crippen LogP contribution in [0.15, 0.2) is 77.7 Å². The van der Waals surface area contributed by atoms with Crippen molar-refractivity contribution >= 4 is 38.5 Å². The van der Waals surface area contributed by atoms with E-state index in [0.29, 0.717) is 18.8 Å². The lowest BCUT2D eigenvalue weighted by Crippen LogP contribution is -2.30. The molecule has 0 saturated heterocycles. The highest BCUT2D eigenvalue weighted by Crippen LogP contribution is 2.20. The van der Waals surface area contributed by atoms with E-state index in [0.717, 1.165) is 16.3 Å². The number of anilines is 1. The molecule has 0 atom stereocenters. The monoisotopic (exact) mass is 408 g/mol. The quantitative estimate of drug-likeness (QED) is 0.585. The van der Waals surface area contributed by atoms with E-state index in [9.17, 15) is 13.2 Å². The fraction of sp³-hybridized carbons (Fsp3) is 0.174. The summed E-state index contributed by atoms with van der Waals surface area (Å²) in [5.41, 5.74) is 1.50. The standard InChI is InChI=1S/C23H24N2O3S/c1-3-25(4-2)29(27,28)21-15-13-20(14-16-21)24-23(26)17-12-19-10-7-9-18-8-5-6-11-22(18)19/h5-17H,3-4H2,1-2H3,(H,24,26)/b17-12+. The van der Waals surface area contributed by atoms with Crippen LogP contribution in [-0.2, 0) is 14.8 Å². The Morgan fingerprint density at radius 2 is 1.59 bits per heavy atom. The van der Waals surface area contributed by atoms with Crippen LogP contribution in [0.4, 0.5) is 5.69 Å². The van der Waals surface area contributed by atoms with Crippen LogP contribution in [0.1, 0.15) is 19.4 Å². The molecule has 6 heteroatoms. The van der Waals surface area contributed by atoms with Gasteiger partial charge in [0, 0.05) is 24.9 Å². The molecule has 0 aromatic heterocycles. The van der Waals surface area contributed by atoms with E-state index in [1.807, 2.05) is 42.5 Å². The molecule has 0 bridgehead atoms. The molecule has 0 unspecified atom stereocenters. The van der Waals surface area contributed by atoms with Crippen LogP contribution in [0.5, 0.6) is 0 Å². The second kappa shape index (κ2) is 9.03. The molecule has 0 aliphatic rings. The lowest BCUT2D eigenvalue weighted by atomic mass is 10.0. The molecule has 0 aliphatic heterocycles. The first-order valence-electron chi connectivity index (χ1n) is 9.52. The van der Waals surface area contributed by atoms with E-state index in [4.69, 9.17) is 0 Å². The average molecular weight is 409 g/mol. The van der Waals surface area contributed by atoms with Crippen LogP contribution in [-0.4, -0.2) is 31.7 Å². The zero-order valence-electron chi connectivity index (χ0n) is 16.5. The molecule has 0 aliphatic carbocycles. The predicted molar refractivity (Wildman–Crippen MR) is 118 cm³/mol. The van der Waals surface area contributed by atoms with Crippen molar-refractivity contribution in [1.82, 2.24) is 4.31 Å². The number of nitrogens with one attached hydrogen (secondary N) is 1. The molecule has 3 aromatic rings. The fourth-order valence-electron chi connectivity index (χ4n) is 3.17. The number of rotatable bonds is 7. The van der Waals surface area contributed by atoms with E-state index >= 15 is 0 Å². The summed E-state index contributed by atoms with van der Waals surface area (Å²) in [6, 6.07) is 20.1. The van der Waals surface area contributed by atoms with Crippen LogP contribution in [0, 0.1) is 0 Å². The molecule has 1 N–H and O–H groups in total. The Kier molecular flexibility index (Phi) is 6.46. The van der Waals surface area contributed by atoms with Crippen LogP contribution in [0.25, 0.3) is 16.8 Å². The molecule has 3 rings (SSSR count). The van der Waals surface area contributed by atoms with E-state index in [-0.39, 0.29) is 10.8 Å². The molecular formula is C23H24N2O3S. The van der Waals surface area contributed by atoms with Crippen molar-refractivity contribution in [3.05, 3.63) is 78.4 Å². The van der Waals surface area contributed by atoms with Crippen LogP contribution < -0.4 is 5.32 Å². The van der Waals surface area contributed by atoms with E-state index in [2.05, 4.69) is 5.32 Å². The third-order valence-corrected chi connectivity index (χ3v) is 6.77.